The lowest BCUT2D eigenvalue weighted by Gasteiger charge is -2.11. The quantitative estimate of drug-likeness (QED) is 0.726. The molecule has 0 aliphatic carbocycles. The van der Waals surface area contributed by atoms with Crippen LogP contribution in [-0.4, -0.2) is 17.9 Å². The molecule has 0 atom stereocenters. The predicted octanol–water partition coefficient (Wildman–Crippen LogP) is 1.64. The number of rotatable bonds is 4. The molecule has 0 saturated carbocycles. The number of carbonyl (C=O) groups excluding carboxylic acids is 1. The highest BCUT2D eigenvalue weighted by Gasteiger charge is 2.06. The number of hydrogen-bond donors (Lipinski definition) is 3. The van der Waals surface area contributed by atoms with E-state index in [-0.39, 0.29) is 5.91 Å². The van der Waals surface area contributed by atoms with E-state index in [1.807, 2.05) is 12.1 Å². The average Bonchev–Trinajstić information content (AvgIpc) is 2.46. The lowest BCUT2D eigenvalue weighted by atomic mass is 10.1. The van der Waals surface area contributed by atoms with E-state index in [1.54, 1.807) is 37.6 Å². The number of nitrogens with one attached hydrogen (secondary N) is 2. The third-order valence-corrected chi connectivity index (χ3v) is 2.77. The molecule has 0 radical (unpaired) electrons. The summed E-state index contributed by atoms with van der Waals surface area (Å²) < 4.78 is 0. The highest BCUT2D eigenvalue weighted by molar-refractivity contribution is 5.96. The van der Waals surface area contributed by atoms with Crippen molar-refractivity contribution in [3.05, 3.63) is 53.9 Å². The summed E-state index contributed by atoms with van der Waals surface area (Å²) in [5.74, 6) is -0.132. The van der Waals surface area contributed by atoms with Crippen molar-refractivity contribution < 1.29 is 4.79 Å². The first kappa shape index (κ1) is 12.9. The van der Waals surface area contributed by atoms with Crippen molar-refractivity contribution >= 4 is 17.3 Å². The minimum atomic E-state index is -0.132. The first-order chi connectivity index (χ1) is 9.20. The Hall–Kier alpha value is -2.56. The molecule has 0 unspecified atom stereocenters. The van der Waals surface area contributed by atoms with Gasteiger partial charge in [-0.15, -0.1) is 0 Å². The normalized spacial score (nSPS) is 9.95. The maximum absolute atomic E-state index is 11.6. The molecule has 1 heterocycles. The number of carbonyl (C=O) groups is 1. The summed E-state index contributed by atoms with van der Waals surface area (Å²) in [6, 6.07) is 9.01. The topological polar surface area (TPSA) is 80.0 Å². The van der Waals surface area contributed by atoms with E-state index in [1.165, 1.54) is 0 Å². The monoisotopic (exact) mass is 256 g/mol. The van der Waals surface area contributed by atoms with Crippen LogP contribution in [0.15, 0.2) is 42.7 Å². The van der Waals surface area contributed by atoms with E-state index in [2.05, 4.69) is 15.6 Å². The molecule has 5 nitrogen and oxygen atoms in total. The Morgan fingerprint density at radius 2 is 2.00 bits per heavy atom. The zero-order valence-corrected chi connectivity index (χ0v) is 10.7. The summed E-state index contributed by atoms with van der Waals surface area (Å²) in [5, 5.41) is 5.80. The number of anilines is 2. The summed E-state index contributed by atoms with van der Waals surface area (Å²) in [6.07, 6.45) is 3.47. The van der Waals surface area contributed by atoms with Crippen LogP contribution in [0.5, 0.6) is 0 Å². The molecule has 19 heavy (non-hydrogen) atoms. The molecule has 0 saturated heterocycles. The van der Waals surface area contributed by atoms with Crippen LogP contribution >= 0.6 is 0 Å². The molecule has 98 valence electrons. The second-order valence-corrected chi connectivity index (χ2v) is 4.09. The summed E-state index contributed by atoms with van der Waals surface area (Å²) in [5.41, 5.74) is 8.92. The molecule has 0 spiro atoms. The van der Waals surface area contributed by atoms with Crippen LogP contribution in [0.4, 0.5) is 11.4 Å². The highest BCUT2D eigenvalue weighted by atomic mass is 16.1. The Morgan fingerprint density at radius 1 is 1.26 bits per heavy atom. The van der Waals surface area contributed by atoms with Gasteiger partial charge >= 0.3 is 0 Å². The van der Waals surface area contributed by atoms with Crippen molar-refractivity contribution in [1.82, 2.24) is 10.3 Å². The van der Waals surface area contributed by atoms with Crippen LogP contribution in [0.3, 0.4) is 0 Å². The minimum Gasteiger partial charge on any atom is -0.397 e. The fourth-order valence-corrected chi connectivity index (χ4v) is 1.69. The van der Waals surface area contributed by atoms with Gasteiger partial charge in [0.1, 0.15) is 0 Å². The van der Waals surface area contributed by atoms with Gasteiger partial charge in [0, 0.05) is 31.5 Å². The number of nitrogens with two attached hydrogens (primary N) is 1. The number of benzene rings is 1. The molecule has 4 N–H and O–H groups in total. The van der Waals surface area contributed by atoms with Crippen molar-refractivity contribution in [2.45, 2.75) is 6.54 Å². The molecular formula is C14H16N4O. The maximum atomic E-state index is 11.6. The van der Waals surface area contributed by atoms with Crippen molar-refractivity contribution in [2.24, 2.45) is 0 Å². The molecule has 0 aliphatic rings. The van der Waals surface area contributed by atoms with Gasteiger partial charge in [-0.3, -0.25) is 9.78 Å². The van der Waals surface area contributed by atoms with E-state index in [4.69, 9.17) is 5.73 Å². The third-order valence-electron chi connectivity index (χ3n) is 2.77. The van der Waals surface area contributed by atoms with E-state index < -0.39 is 0 Å². The van der Waals surface area contributed by atoms with Crippen molar-refractivity contribution in [2.75, 3.05) is 18.1 Å². The standard InChI is InChI=1S/C14H16N4O/c1-16-14(19)11-2-3-12(15)13(8-11)18-9-10-4-6-17-7-5-10/h2-8,18H,9,15H2,1H3,(H,16,19). The van der Waals surface area contributed by atoms with Gasteiger partial charge in [0.05, 0.1) is 11.4 Å². The largest absolute Gasteiger partial charge is 0.397 e. The fraction of sp³-hybridized carbons (Fsp3) is 0.143. The Balaban J connectivity index is 2.13. The van der Waals surface area contributed by atoms with Gasteiger partial charge in [0.25, 0.3) is 5.91 Å². The predicted molar refractivity (Wildman–Crippen MR) is 75.8 cm³/mol. The molecule has 2 rings (SSSR count). The fourth-order valence-electron chi connectivity index (χ4n) is 1.69. The lowest BCUT2D eigenvalue weighted by molar-refractivity contribution is 0.0963. The number of nitrogen functional groups attached to an aromatic ring is 1. The number of aromatic nitrogens is 1. The Morgan fingerprint density at radius 3 is 2.68 bits per heavy atom. The minimum absolute atomic E-state index is 0.132. The van der Waals surface area contributed by atoms with Crippen LogP contribution in [0, 0.1) is 0 Å². The van der Waals surface area contributed by atoms with Gasteiger partial charge in [0.15, 0.2) is 0 Å². The average molecular weight is 256 g/mol. The van der Waals surface area contributed by atoms with Crippen molar-refractivity contribution in [1.29, 1.82) is 0 Å². The first-order valence-corrected chi connectivity index (χ1v) is 5.95. The molecular weight excluding hydrogens is 240 g/mol. The van der Waals surface area contributed by atoms with Gasteiger partial charge in [-0.25, -0.2) is 0 Å². The molecule has 0 aliphatic heterocycles. The Labute approximate surface area is 111 Å². The number of amides is 1. The summed E-state index contributed by atoms with van der Waals surface area (Å²) >= 11 is 0. The molecule has 5 heteroatoms. The number of nitrogens with zero attached hydrogens (tertiary/aromatic N) is 1. The number of hydrogen-bond acceptors (Lipinski definition) is 4. The molecule has 2 aromatic rings. The second-order valence-electron chi connectivity index (χ2n) is 4.09. The first-order valence-electron chi connectivity index (χ1n) is 5.95. The van der Waals surface area contributed by atoms with E-state index >= 15 is 0 Å². The van der Waals surface area contributed by atoms with Crippen LogP contribution in [0.1, 0.15) is 15.9 Å². The Bertz CT molecular complexity index is 569. The van der Waals surface area contributed by atoms with E-state index in [9.17, 15) is 4.79 Å². The lowest BCUT2D eigenvalue weighted by Crippen LogP contribution is -2.18. The van der Waals surface area contributed by atoms with Crippen LogP contribution in [0.25, 0.3) is 0 Å². The van der Waals surface area contributed by atoms with Gasteiger partial charge < -0.3 is 16.4 Å². The Kier molecular flexibility index (Phi) is 3.97. The summed E-state index contributed by atoms with van der Waals surface area (Å²) in [7, 11) is 1.60. The molecule has 0 fully saturated rings. The molecule has 1 aromatic carbocycles. The van der Waals surface area contributed by atoms with Gasteiger partial charge in [0.2, 0.25) is 0 Å². The molecule has 1 aromatic heterocycles. The summed E-state index contributed by atoms with van der Waals surface area (Å²) in [6.45, 7) is 0.629. The van der Waals surface area contributed by atoms with Gasteiger partial charge in [-0.2, -0.15) is 0 Å². The van der Waals surface area contributed by atoms with Crippen molar-refractivity contribution in [3.8, 4) is 0 Å². The van der Waals surface area contributed by atoms with Crippen LogP contribution in [-0.2, 0) is 6.54 Å². The summed E-state index contributed by atoms with van der Waals surface area (Å²) in [4.78, 5) is 15.5. The van der Waals surface area contributed by atoms with Crippen LogP contribution < -0.4 is 16.4 Å². The van der Waals surface area contributed by atoms with E-state index in [0.717, 1.165) is 11.3 Å². The molecule has 1 amide bonds. The smallest absolute Gasteiger partial charge is 0.251 e. The van der Waals surface area contributed by atoms with E-state index in [0.29, 0.717) is 17.8 Å². The van der Waals surface area contributed by atoms with Crippen LogP contribution in [0.2, 0.25) is 0 Å². The van der Waals surface area contributed by atoms with Crippen molar-refractivity contribution in [3.63, 3.8) is 0 Å². The zero-order chi connectivity index (χ0) is 13.7. The zero-order valence-electron chi connectivity index (χ0n) is 10.7. The third kappa shape index (κ3) is 3.22. The van der Waals surface area contributed by atoms with Gasteiger partial charge in [-0.05, 0) is 35.9 Å². The molecule has 0 bridgehead atoms. The maximum Gasteiger partial charge on any atom is 0.251 e. The highest BCUT2D eigenvalue weighted by Crippen LogP contribution is 2.20. The van der Waals surface area contributed by atoms with Gasteiger partial charge in [-0.1, -0.05) is 0 Å². The number of pyridine rings is 1. The SMILES string of the molecule is CNC(=O)c1ccc(N)c(NCc2ccncc2)c1. The second kappa shape index (κ2) is 5.86.